The Hall–Kier alpha value is -1.74. The van der Waals surface area contributed by atoms with E-state index < -0.39 is 10.0 Å². The Morgan fingerprint density at radius 3 is 2.41 bits per heavy atom. The van der Waals surface area contributed by atoms with Crippen molar-refractivity contribution in [2.45, 2.75) is 12.3 Å². The third kappa shape index (κ3) is 5.62. The molecule has 1 fully saturated rings. The van der Waals surface area contributed by atoms with Gasteiger partial charge in [-0.15, -0.1) is 11.3 Å². The molecule has 0 saturated carbocycles. The summed E-state index contributed by atoms with van der Waals surface area (Å²) in [6.45, 7) is 2.90. The largest absolute Gasteiger partial charge is 0.335 e. The highest BCUT2D eigenvalue weighted by Crippen LogP contribution is 2.13. The highest BCUT2D eigenvalue weighted by atomic mass is 32.2. The average molecular weight is 409 g/mol. The summed E-state index contributed by atoms with van der Waals surface area (Å²) >= 11 is 1.70. The zero-order valence-corrected chi connectivity index (χ0v) is 17.1. The fourth-order valence-electron chi connectivity index (χ4n) is 3.23. The van der Waals surface area contributed by atoms with E-state index in [0.29, 0.717) is 32.7 Å². The summed E-state index contributed by atoms with van der Waals surface area (Å²) in [5.41, 5.74) is 0.787. The number of nitrogens with zero attached hydrogens (tertiary/aromatic N) is 2. The smallest absolute Gasteiger partial charge is 0.277 e. The molecule has 1 atom stereocenters. The van der Waals surface area contributed by atoms with Crippen molar-refractivity contribution in [3.8, 4) is 0 Å². The number of amides is 1. The topological polar surface area (TPSA) is 62.1 Å². The van der Waals surface area contributed by atoms with Crippen molar-refractivity contribution < 1.29 is 18.1 Å². The molecule has 1 saturated heterocycles. The van der Waals surface area contributed by atoms with Crippen molar-refractivity contribution in [2.24, 2.45) is 0 Å². The van der Waals surface area contributed by atoms with Gasteiger partial charge in [0.2, 0.25) is 10.0 Å². The number of benzene rings is 1. The normalized spacial score (nSPS) is 17.0. The highest BCUT2D eigenvalue weighted by molar-refractivity contribution is 7.88. The van der Waals surface area contributed by atoms with Gasteiger partial charge in [-0.1, -0.05) is 36.4 Å². The summed E-state index contributed by atoms with van der Waals surface area (Å²) in [5, 5.41) is 2.04. The summed E-state index contributed by atoms with van der Waals surface area (Å²) in [5.74, 6) is 0.0966. The van der Waals surface area contributed by atoms with E-state index in [1.54, 1.807) is 16.2 Å². The molecular weight excluding hydrogens is 382 g/mol. The summed E-state index contributed by atoms with van der Waals surface area (Å²) in [6.07, 6.45) is 0. The lowest BCUT2D eigenvalue weighted by Crippen LogP contribution is -3.08. The molecule has 1 amide bonds. The minimum absolute atomic E-state index is 0.00941. The van der Waals surface area contributed by atoms with E-state index in [0.717, 1.165) is 17.0 Å². The molecule has 27 heavy (non-hydrogen) atoms. The molecule has 146 valence electrons. The molecule has 1 unspecified atom stereocenters. The first-order valence-corrected chi connectivity index (χ1v) is 11.6. The van der Waals surface area contributed by atoms with Crippen LogP contribution in [0.5, 0.6) is 0 Å². The maximum Gasteiger partial charge on any atom is 0.277 e. The number of nitrogens with one attached hydrogen (secondary N) is 1. The van der Waals surface area contributed by atoms with Gasteiger partial charge in [0, 0.05) is 26.2 Å². The van der Waals surface area contributed by atoms with E-state index in [9.17, 15) is 13.2 Å². The van der Waals surface area contributed by atoms with Crippen molar-refractivity contribution in [3.05, 3.63) is 58.3 Å². The van der Waals surface area contributed by atoms with Crippen molar-refractivity contribution in [3.63, 3.8) is 0 Å². The monoisotopic (exact) mass is 408 g/mol. The molecule has 6 nitrogen and oxygen atoms in total. The second-order valence-electron chi connectivity index (χ2n) is 6.91. The molecule has 1 aromatic carbocycles. The molecule has 2 heterocycles. The maximum atomic E-state index is 12.6. The van der Waals surface area contributed by atoms with Crippen LogP contribution in [0.3, 0.4) is 0 Å². The molecule has 0 aliphatic carbocycles. The Balaban J connectivity index is 1.48. The third-order valence-corrected chi connectivity index (χ3v) is 7.41. The Morgan fingerprint density at radius 1 is 1.07 bits per heavy atom. The zero-order valence-electron chi connectivity index (χ0n) is 15.5. The molecule has 3 rings (SSSR count). The lowest BCUT2D eigenvalue weighted by molar-refractivity contribution is -0.885. The second kappa shape index (κ2) is 8.97. The number of carbonyl (C=O) groups excluding carboxylic acids is 1. The molecule has 0 bridgehead atoms. The number of carbonyl (C=O) groups is 1. The predicted octanol–water partition coefficient (Wildman–Crippen LogP) is 0.437. The number of rotatable bonds is 7. The first-order chi connectivity index (χ1) is 12.9. The minimum atomic E-state index is -3.35. The van der Waals surface area contributed by atoms with E-state index >= 15 is 0 Å². The second-order valence-corrected chi connectivity index (χ2v) is 9.91. The number of piperazine rings is 1. The van der Waals surface area contributed by atoms with E-state index in [1.165, 1.54) is 9.18 Å². The van der Waals surface area contributed by atoms with Gasteiger partial charge in [0.1, 0.15) is 6.54 Å². The molecule has 2 aromatic rings. The summed E-state index contributed by atoms with van der Waals surface area (Å²) in [4.78, 5) is 16.7. The number of sulfonamides is 1. The Morgan fingerprint density at radius 2 is 1.78 bits per heavy atom. The third-order valence-electron chi connectivity index (χ3n) is 4.69. The van der Waals surface area contributed by atoms with Crippen LogP contribution in [0.2, 0.25) is 0 Å². The van der Waals surface area contributed by atoms with Crippen molar-refractivity contribution in [1.29, 1.82) is 0 Å². The number of hydrogen-bond acceptors (Lipinski definition) is 4. The van der Waals surface area contributed by atoms with Gasteiger partial charge in [-0.3, -0.25) is 4.79 Å². The zero-order chi connectivity index (χ0) is 19.3. The molecule has 1 aliphatic heterocycles. The highest BCUT2D eigenvalue weighted by Gasteiger charge is 2.29. The van der Waals surface area contributed by atoms with Crippen LogP contribution in [0.1, 0.15) is 10.4 Å². The first-order valence-electron chi connectivity index (χ1n) is 9.07. The van der Waals surface area contributed by atoms with Crippen LogP contribution < -0.4 is 4.90 Å². The van der Waals surface area contributed by atoms with E-state index in [-0.39, 0.29) is 11.7 Å². The first kappa shape index (κ1) is 20.0. The van der Waals surface area contributed by atoms with Crippen LogP contribution in [0.15, 0.2) is 47.8 Å². The molecule has 1 aromatic heterocycles. The number of likely N-dealkylation sites (N-methyl/N-ethyl adjacent to an activating group) is 1. The Kier molecular flexibility index (Phi) is 6.64. The standard InChI is InChI=1S/C19H25N3O3S2/c1-20(14-18-8-5-13-26-18)15-19(23)21-9-11-22(12-10-21)27(24,25)16-17-6-3-2-4-7-17/h2-8,13H,9-12,14-16H2,1H3/p+1. The molecule has 0 spiro atoms. The molecule has 1 N–H and O–H groups in total. The molecule has 0 radical (unpaired) electrons. The fraction of sp³-hybridized carbons (Fsp3) is 0.421. The summed E-state index contributed by atoms with van der Waals surface area (Å²) in [6, 6.07) is 13.3. The van der Waals surface area contributed by atoms with Crippen molar-refractivity contribution in [2.75, 3.05) is 39.8 Å². The quantitative estimate of drug-likeness (QED) is 0.723. The van der Waals surface area contributed by atoms with Crippen molar-refractivity contribution >= 4 is 27.3 Å². The lowest BCUT2D eigenvalue weighted by Gasteiger charge is -2.34. The predicted molar refractivity (Wildman–Crippen MR) is 107 cm³/mol. The van der Waals surface area contributed by atoms with Crippen molar-refractivity contribution in [1.82, 2.24) is 9.21 Å². The van der Waals surface area contributed by atoms with E-state index in [1.807, 2.05) is 48.8 Å². The number of thiophene rings is 1. The van der Waals surface area contributed by atoms with E-state index in [4.69, 9.17) is 0 Å². The van der Waals surface area contributed by atoms with Crippen LogP contribution in [0, 0.1) is 0 Å². The van der Waals surface area contributed by atoms with Gasteiger partial charge in [0.15, 0.2) is 6.54 Å². The van der Waals surface area contributed by atoms with Crippen LogP contribution in [-0.2, 0) is 27.1 Å². The van der Waals surface area contributed by atoms with Crippen LogP contribution in [-0.4, -0.2) is 63.3 Å². The van der Waals surface area contributed by atoms with Gasteiger partial charge >= 0.3 is 0 Å². The van der Waals surface area contributed by atoms with Gasteiger partial charge in [-0.2, -0.15) is 4.31 Å². The minimum Gasteiger partial charge on any atom is -0.335 e. The number of quaternary nitrogens is 1. The van der Waals surface area contributed by atoms with Crippen LogP contribution in [0.25, 0.3) is 0 Å². The Labute approximate surface area is 165 Å². The molecular formula is C19H26N3O3S2+. The fourth-order valence-corrected chi connectivity index (χ4v) is 5.57. The van der Waals surface area contributed by atoms with E-state index in [2.05, 4.69) is 6.07 Å². The average Bonchev–Trinajstić information content (AvgIpc) is 3.15. The summed E-state index contributed by atoms with van der Waals surface area (Å²) < 4.78 is 26.7. The Bertz CT molecular complexity index is 830. The maximum absolute atomic E-state index is 12.6. The van der Waals surface area contributed by atoms with Gasteiger partial charge < -0.3 is 9.80 Å². The molecule has 8 heteroatoms. The van der Waals surface area contributed by atoms with Gasteiger partial charge in [-0.25, -0.2) is 8.42 Å². The lowest BCUT2D eigenvalue weighted by atomic mass is 10.2. The summed E-state index contributed by atoms with van der Waals surface area (Å²) in [7, 11) is -1.34. The van der Waals surface area contributed by atoms with Gasteiger partial charge in [-0.05, 0) is 17.0 Å². The molecule has 1 aliphatic rings. The van der Waals surface area contributed by atoms with Crippen LogP contribution in [0.4, 0.5) is 0 Å². The van der Waals surface area contributed by atoms with Crippen LogP contribution >= 0.6 is 11.3 Å². The number of hydrogen-bond donors (Lipinski definition) is 1. The van der Waals surface area contributed by atoms with Gasteiger partial charge in [0.25, 0.3) is 5.91 Å². The van der Waals surface area contributed by atoms with Gasteiger partial charge in [0.05, 0.1) is 17.7 Å². The SMILES string of the molecule is C[NH+](CC(=O)N1CCN(S(=O)(=O)Cc2ccccc2)CC1)Cc1cccs1.